The van der Waals surface area contributed by atoms with Gasteiger partial charge in [0, 0.05) is 29.6 Å². The molecule has 0 spiro atoms. The predicted molar refractivity (Wildman–Crippen MR) is 91.3 cm³/mol. The van der Waals surface area contributed by atoms with Gasteiger partial charge in [0.25, 0.3) is 0 Å². The summed E-state index contributed by atoms with van der Waals surface area (Å²) < 4.78 is 0. The molecular formula is C18H27ClN2O. The second-order valence-corrected chi connectivity index (χ2v) is 7.55. The molecule has 3 rings (SSSR count). The first-order valence-corrected chi connectivity index (χ1v) is 8.71. The van der Waals surface area contributed by atoms with Crippen LogP contribution in [-0.4, -0.2) is 54.2 Å². The van der Waals surface area contributed by atoms with Crippen molar-refractivity contribution in [1.29, 1.82) is 0 Å². The second kappa shape index (κ2) is 6.48. The molecule has 1 N–H and O–H groups in total. The first-order chi connectivity index (χ1) is 10.6. The number of hydrogen-bond acceptors (Lipinski definition) is 3. The highest BCUT2D eigenvalue weighted by atomic mass is 35.5. The summed E-state index contributed by atoms with van der Waals surface area (Å²) in [5.74, 6) is 0. The van der Waals surface area contributed by atoms with E-state index in [1.54, 1.807) is 0 Å². The topological polar surface area (TPSA) is 26.7 Å². The SMILES string of the molecule is Cc1cccc(Cl)c1CN1CC[C@@]2(CO)CCCN(C)[C@@H]2C1. The number of fused-ring (bicyclic) bond motifs is 1. The number of hydrogen-bond donors (Lipinski definition) is 1. The smallest absolute Gasteiger partial charge is 0.0503 e. The summed E-state index contributed by atoms with van der Waals surface area (Å²) >= 11 is 6.39. The van der Waals surface area contributed by atoms with E-state index in [9.17, 15) is 5.11 Å². The van der Waals surface area contributed by atoms with Gasteiger partial charge >= 0.3 is 0 Å². The van der Waals surface area contributed by atoms with Crippen molar-refractivity contribution in [2.75, 3.05) is 33.3 Å². The normalized spacial score (nSPS) is 30.3. The Morgan fingerprint density at radius 1 is 1.32 bits per heavy atom. The molecule has 0 unspecified atom stereocenters. The predicted octanol–water partition coefficient (Wildman–Crippen LogP) is 2.93. The number of nitrogens with zero attached hydrogens (tertiary/aromatic N) is 2. The number of aliphatic hydroxyl groups is 1. The molecule has 3 nitrogen and oxygen atoms in total. The monoisotopic (exact) mass is 322 g/mol. The number of halogens is 1. The molecule has 1 aromatic rings. The fraction of sp³-hybridized carbons (Fsp3) is 0.667. The summed E-state index contributed by atoms with van der Waals surface area (Å²) in [6.45, 7) is 6.59. The number of aryl methyl sites for hydroxylation is 1. The summed E-state index contributed by atoms with van der Waals surface area (Å²) in [4.78, 5) is 4.96. The molecule has 2 aliphatic heterocycles. The minimum Gasteiger partial charge on any atom is -0.396 e. The molecule has 2 heterocycles. The van der Waals surface area contributed by atoms with Crippen LogP contribution in [0.2, 0.25) is 5.02 Å². The van der Waals surface area contributed by atoms with E-state index in [1.165, 1.54) is 17.5 Å². The second-order valence-electron chi connectivity index (χ2n) is 7.14. The van der Waals surface area contributed by atoms with Gasteiger partial charge in [0.2, 0.25) is 0 Å². The Balaban J connectivity index is 1.76. The van der Waals surface area contributed by atoms with Gasteiger partial charge in [0.05, 0.1) is 6.61 Å². The molecular weight excluding hydrogens is 296 g/mol. The largest absolute Gasteiger partial charge is 0.396 e. The molecule has 0 bridgehead atoms. The third kappa shape index (κ3) is 2.92. The number of rotatable bonds is 3. The quantitative estimate of drug-likeness (QED) is 0.927. The Labute approximate surface area is 138 Å². The average Bonchev–Trinajstić information content (AvgIpc) is 2.52. The van der Waals surface area contributed by atoms with E-state index in [4.69, 9.17) is 11.6 Å². The van der Waals surface area contributed by atoms with Crippen LogP contribution in [0.25, 0.3) is 0 Å². The minimum absolute atomic E-state index is 0.110. The lowest BCUT2D eigenvalue weighted by atomic mass is 9.69. The zero-order valence-electron chi connectivity index (χ0n) is 13.7. The van der Waals surface area contributed by atoms with Crippen LogP contribution in [-0.2, 0) is 6.54 Å². The van der Waals surface area contributed by atoms with Crippen LogP contribution in [0.5, 0.6) is 0 Å². The van der Waals surface area contributed by atoms with Gasteiger partial charge in [-0.05, 0) is 63.5 Å². The first-order valence-electron chi connectivity index (χ1n) is 8.33. The maximum Gasteiger partial charge on any atom is 0.0503 e. The molecule has 0 saturated carbocycles. The van der Waals surface area contributed by atoms with E-state index in [1.807, 2.05) is 12.1 Å². The molecule has 2 atom stereocenters. The van der Waals surface area contributed by atoms with Crippen LogP contribution < -0.4 is 0 Å². The van der Waals surface area contributed by atoms with Crippen molar-refractivity contribution in [3.8, 4) is 0 Å². The zero-order valence-corrected chi connectivity index (χ0v) is 14.4. The van der Waals surface area contributed by atoms with Crippen molar-refractivity contribution in [3.63, 3.8) is 0 Å². The maximum absolute atomic E-state index is 9.99. The van der Waals surface area contributed by atoms with Crippen LogP contribution in [0.1, 0.15) is 30.4 Å². The molecule has 2 saturated heterocycles. The van der Waals surface area contributed by atoms with Crippen LogP contribution in [0.4, 0.5) is 0 Å². The van der Waals surface area contributed by atoms with Crippen LogP contribution in [0.3, 0.4) is 0 Å². The Hall–Kier alpha value is -0.610. The van der Waals surface area contributed by atoms with Crippen molar-refractivity contribution in [2.45, 2.75) is 38.8 Å². The molecule has 2 aliphatic rings. The van der Waals surface area contributed by atoms with E-state index in [0.29, 0.717) is 12.6 Å². The molecule has 0 aliphatic carbocycles. The summed E-state index contributed by atoms with van der Waals surface area (Å²) in [6, 6.07) is 6.60. The number of benzene rings is 1. The van der Waals surface area contributed by atoms with Gasteiger partial charge in [-0.15, -0.1) is 0 Å². The fourth-order valence-electron chi connectivity index (χ4n) is 4.31. The third-order valence-electron chi connectivity index (χ3n) is 5.83. The maximum atomic E-state index is 9.99. The Morgan fingerprint density at radius 3 is 2.86 bits per heavy atom. The fourth-order valence-corrected chi connectivity index (χ4v) is 4.59. The van der Waals surface area contributed by atoms with Gasteiger partial charge < -0.3 is 10.0 Å². The lowest BCUT2D eigenvalue weighted by molar-refractivity contribution is -0.0684. The minimum atomic E-state index is 0.110. The van der Waals surface area contributed by atoms with Crippen LogP contribution in [0.15, 0.2) is 18.2 Å². The lowest BCUT2D eigenvalue weighted by Crippen LogP contribution is -2.61. The standard InChI is InChI=1S/C18H27ClN2O/c1-14-5-3-6-16(19)15(14)11-21-10-8-18(13-22)7-4-9-20(2)17(18)12-21/h3,5-6,17,22H,4,7-13H2,1-2H3/t17-,18-/m1/s1. The van der Waals surface area contributed by atoms with Gasteiger partial charge in [-0.2, -0.15) is 0 Å². The van der Waals surface area contributed by atoms with Gasteiger partial charge in [0.15, 0.2) is 0 Å². The Kier molecular flexibility index (Phi) is 4.79. The van der Waals surface area contributed by atoms with Crippen molar-refractivity contribution in [3.05, 3.63) is 34.3 Å². The number of likely N-dealkylation sites (tertiary alicyclic amines) is 2. The summed E-state index contributed by atoms with van der Waals surface area (Å²) in [6.07, 6.45) is 3.46. The van der Waals surface area contributed by atoms with Crippen molar-refractivity contribution < 1.29 is 5.11 Å². The average molecular weight is 323 g/mol. The molecule has 0 radical (unpaired) electrons. The number of likely N-dealkylation sites (N-methyl/N-ethyl adjacent to an activating group) is 1. The Morgan fingerprint density at radius 2 is 2.14 bits per heavy atom. The molecule has 4 heteroatoms. The lowest BCUT2D eigenvalue weighted by Gasteiger charge is -2.53. The molecule has 0 aromatic heterocycles. The van der Waals surface area contributed by atoms with E-state index in [-0.39, 0.29) is 5.41 Å². The summed E-state index contributed by atoms with van der Waals surface area (Å²) in [5.41, 5.74) is 2.63. The van der Waals surface area contributed by atoms with Crippen molar-refractivity contribution in [1.82, 2.24) is 9.80 Å². The summed E-state index contributed by atoms with van der Waals surface area (Å²) in [7, 11) is 2.21. The van der Waals surface area contributed by atoms with Gasteiger partial charge in [-0.3, -0.25) is 4.90 Å². The zero-order chi connectivity index (χ0) is 15.7. The number of piperidine rings is 2. The Bertz CT molecular complexity index is 516. The van der Waals surface area contributed by atoms with E-state index in [0.717, 1.165) is 44.0 Å². The first kappa shape index (κ1) is 16.3. The molecule has 122 valence electrons. The van der Waals surface area contributed by atoms with Crippen molar-refractivity contribution in [2.24, 2.45) is 5.41 Å². The molecule has 0 amide bonds. The van der Waals surface area contributed by atoms with E-state index in [2.05, 4.69) is 29.8 Å². The highest BCUT2D eigenvalue weighted by Gasteiger charge is 2.46. The number of aliphatic hydroxyl groups excluding tert-OH is 1. The van der Waals surface area contributed by atoms with Crippen LogP contribution >= 0.6 is 11.6 Å². The van der Waals surface area contributed by atoms with Crippen molar-refractivity contribution >= 4 is 11.6 Å². The molecule has 1 aromatic carbocycles. The van der Waals surface area contributed by atoms with Gasteiger partial charge in [-0.25, -0.2) is 0 Å². The van der Waals surface area contributed by atoms with Gasteiger partial charge in [-0.1, -0.05) is 23.7 Å². The van der Waals surface area contributed by atoms with E-state index < -0.39 is 0 Å². The van der Waals surface area contributed by atoms with Crippen LogP contribution in [0, 0.1) is 12.3 Å². The third-order valence-corrected chi connectivity index (χ3v) is 6.19. The van der Waals surface area contributed by atoms with E-state index >= 15 is 0 Å². The van der Waals surface area contributed by atoms with Gasteiger partial charge in [0.1, 0.15) is 0 Å². The molecule has 2 fully saturated rings. The highest BCUT2D eigenvalue weighted by Crippen LogP contribution is 2.42. The highest BCUT2D eigenvalue weighted by molar-refractivity contribution is 6.31. The molecule has 22 heavy (non-hydrogen) atoms. The summed E-state index contributed by atoms with van der Waals surface area (Å²) in [5, 5.41) is 10.9.